The van der Waals surface area contributed by atoms with Gasteiger partial charge in [-0.05, 0) is 40.5 Å². The minimum Gasteiger partial charge on any atom is -0.461 e. The smallest absolute Gasteiger partial charge is 0.410 e. The number of piperidine rings is 1. The first-order valence-electron chi connectivity index (χ1n) is 9.99. The first-order chi connectivity index (χ1) is 12.9. The number of aromatic nitrogens is 3. The lowest BCUT2D eigenvalue weighted by Crippen LogP contribution is -2.41. The van der Waals surface area contributed by atoms with Gasteiger partial charge in [0.15, 0.2) is 5.69 Å². The number of rotatable bonds is 5. The third kappa shape index (κ3) is 6.05. The van der Waals surface area contributed by atoms with Crippen LogP contribution in [0.4, 0.5) is 4.79 Å². The van der Waals surface area contributed by atoms with E-state index in [1.54, 1.807) is 16.5 Å². The van der Waals surface area contributed by atoms with E-state index >= 15 is 0 Å². The van der Waals surface area contributed by atoms with Gasteiger partial charge in [-0.2, -0.15) is 0 Å². The van der Waals surface area contributed by atoms with Crippen molar-refractivity contribution in [1.29, 1.82) is 0 Å². The monoisotopic (exact) mass is 410 g/mol. The van der Waals surface area contributed by atoms with Gasteiger partial charge in [-0.25, -0.2) is 14.3 Å². The molecule has 0 saturated carbocycles. The first-order valence-corrected chi connectivity index (χ1v) is 13.7. The number of likely N-dealkylation sites (tertiary alicyclic amines) is 1. The quantitative estimate of drug-likeness (QED) is 0.546. The van der Waals surface area contributed by atoms with Crippen LogP contribution < -0.4 is 0 Å². The highest BCUT2D eigenvalue weighted by atomic mass is 28.3. The van der Waals surface area contributed by atoms with Crippen LogP contribution in [0.2, 0.25) is 19.6 Å². The lowest BCUT2D eigenvalue weighted by Gasteiger charge is -2.33. The average molecular weight is 411 g/mol. The molecule has 0 radical (unpaired) electrons. The topological polar surface area (TPSA) is 86.6 Å². The molecule has 1 aromatic heterocycles. The van der Waals surface area contributed by atoms with Gasteiger partial charge >= 0.3 is 12.1 Å². The molecule has 1 aliphatic heterocycles. The molecule has 8 nitrogen and oxygen atoms in total. The highest BCUT2D eigenvalue weighted by Gasteiger charge is 2.33. The average Bonchev–Trinajstić information content (AvgIpc) is 2.95. The van der Waals surface area contributed by atoms with E-state index in [0.717, 1.165) is 12.8 Å². The molecular formula is C19H34N4O4Si. The van der Waals surface area contributed by atoms with Gasteiger partial charge in [0, 0.05) is 25.2 Å². The van der Waals surface area contributed by atoms with Crippen LogP contribution in [0.5, 0.6) is 0 Å². The molecule has 1 aliphatic rings. The van der Waals surface area contributed by atoms with Crippen molar-refractivity contribution < 1.29 is 19.1 Å². The SMILES string of the molecule is CCOC(=O)c1c(C2CCN(C(=O)OC(C)(C)C)CC2)nnn1C[Si](C)(C)C. The van der Waals surface area contributed by atoms with Crippen LogP contribution in [0, 0.1) is 0 Å². The van der Waals surface area contributed by atoms with Crippen LogP contribution in [0.1, 0.15) is 62.6 Å². The lowest BCUT2D eigenvalue weighted by atomic mass is 9.92. The number of hydrogen-bond acceptors (Lipinski definition) is 6. The highest BCUT2D eigenvalue weighted by molar-refractivity contribution is 6.74. The zero-order chi connectivity index (χ0) is 21.1. The number of carbonyl (C=O) groups is 2. The minimum atomic E-state index is -1.50. The summed E-state index contributed by atoms with van der Waals surface area (Å²) in [6.45, 7) is 15.5. The predicted molar refractivity (Wildman–Crippen MR) is 109 cm³/mol. The molecule has 0 spiro atoms. The van der Waals surface area contributed by atoms with E-state index in [2.05, 4.69) is 30.0 Å². The maximum atomic E-state index is 12.6. The molecule has 2 heterocycles. The molecule has 1 saturated heterocycles. The van der Waals surface area contributed by atoms with Gasteiger partial charge < -0.3 is 14.4 Å². The molecule has 0 N–H and O–H groups in total. The summed E-state index contributed by atoms with van der Waals surface area (Å²) >= 11 is 0. The standard InChI is InChI=1S/C19H34N4O4Si/c1-8-26-17(24)16-15(20-21-23(16)13-28(5,6)7)14-9-11-22(12-10-14)18(25)27-19(2,3)4/h14H,8-13H2,1-7H3. The summed E-state index contributed by atoms with van der Waals surface area (Å²) in [5.41, 5.74) is 0.658. The number of carbonyl (C=O) groups excluding carboxylic acids is 2. The van der Waals surface area contributed by atoms with Crippen molar-refractivity contribution in [1.82, 2.24) is 19.9 Å². The number of hydrogen-bond donors (Lipinski definition) is 0. The van der Waals surface area contributed by atoms with Crippen LogP contribution >= 0.6 is 0 Å². The molecule has 1 aromatic rings. The number of amides is 1. The maximum absolute atomic E-state index is 12.6. The molecule has 2 rings (SSSR count). The first kappa shape index (κ1) is 22.4. The normalized spacial score (nSPS) is 16.2. The minimum absolute atomic E-state index is 0.0773. The van der Waals surface area contributed by atoms with Crippen LogP contribution in [0.15, 0.2) is 0 Å². The fourth-order valence-corrected chi connectivity index (χ4v) is 4.35. The molecule has 0 atom stereocenters. The van der Waals surface area contributed by atoms with E-state index in [-0.39, 0.29) is 18.0 Å². The Morgan fingerprint density at radius 1 is 1.18 bits per heavy atom. The molecular weight excluding hydrogens is 376 g/mol. The van der Waals surface area contributed by atoms with Crippen molar-refractivity contribution in [3.05, 3.63) is 11.4 Å². The zero-order valence-electron chi connectivity index (χ0n) is 18.2. The second-order valence-corrected chi connectivity index (χ2v) is 14.9. The summed E-state index contributed by atoms with van der Waals surface area (Å²) in [5, 5.41) is 8.63. The Kier molecular flexibility index (Phi) is 6.90. The van der Waals surface area contributed by atoms with Crippen molar-refractivity contribution in [2.24, 2.45) is 0 Å². The van der Waals surface area contributed by atoms with E-state index < -0.39 is 13.7 Å². The molecule has 0 bridgehead atoms. The Balaban J connectivity index is 2.15. The molecule has 0 aromatic carbocycles. The molecule has 1 amide bonds. The second kappa shape index (κ2) is 8.63. The maximum Gasteiger partial charge on any atom is 0.410 e. The van der Waals surface area contributed by atoms with Crippen molar-refractivity contribution >= 4 is 20.1 Å². The van der Waals surface area contributed by atoms with E-state index in [1.165, 1.54) is 0 Å². The van der Waals surface area contributed by atoms with E-state index in [9.17, 15) is 9.59 Å². The summed E-state index contributed by atoms with van der Waals surface area (Å²) in [6.07, 6.45) is 1.86. The Hall–Kier alpha value is -1.90. The molecule has 0 aliphatic carbocycles. The Bertz CT molecular complexity index is 698. The third-order valence-electron chi connectivity index (χ3n) is 4.39. The van der Waals surface area contributed by atoms with Crippen molar-refractivity contribution in [3.8, 4) is 0 Å². The highest BCUT2D eigenvalue weighted by Crippen LogP contribution is 2.30. The summed E-state index contributed by atoms with van der Waals surface area (Å²) in [6, 6.07) is 0. The molecule has 1 fully saturated rings. The van der Waals surface area contributed by atoms with Gasteiger partial charge in [-0.1, -0.05) is 24.9 Å². The van der Waals surface area contributed by atoms with Gasteiger partial charge in [-0.15, -0.1) is 5.10 Å². The van der Waals surface area contributed by atoms with Gasteiger partial charge in [0.2, 0.25) is 0 Å². The summed E-state index contributed by atoms with van der Waals surface area (Å²) < 4.78 is 12.5. The van der Waals surface area contributed by atoms with Crippen LogP contribution in [-0.2, 0) is 15.6 Å². The molecule has 28 heavy (non-hydrogen) atoms. The van der Waals surface area contributed by atoms with Crippen molar-refractivity contribution in [2.75, 3.05) is 19.7 Å². The lowest BCUT2D eigenvalue weighted by molar-refractivity contribution is 0.0202. The molecule has 158 valence electrons. The van der Waals surface area contributed by atoms with Crippen LogP contribution in [0.25, 0.3) is 0 Å². The fraction of sp³-hybridized carbons (Fsp3) is 0.789. The predicted octanol–water partition coefficient (Wildman–Crippen LogP) is 3.45. The van der Waals surface area contributed by atoms with Gasteiger partial charge in [-0.3, -0.25) is 0 Å². The van der Waals surface area contributed by atoms with Crippen LogP contribution in [-0.4, -0.2) is 65.3 Å². The van der Waals surface area contributed by atoms with E-state index in [0.29, 0.717) is 37.3 Å². The fourth-order valence-electron chi connectivity index (χ4n) is 3.23. The Morgan fingerprint density at radius 3 is 2.29 bits per heavy atom. The Labute approximate surface area is 168 Å². The van der Waals surface area contributed by atoms with Gasteiger partial charge in [0.25, 0.3) is 0 Å². The number of ether oxygens (including phenoxy) is 2. The van der Waals surface area contributed by atoms with Crippen molar-refractivity contribution in [3.63, 3.8) is 0 Å². The van der Waals surface area contributed by atoms with E-state index in [1.807, 2.05) is 20.8 Å². The number of esters is 1. The molecule has 9 heteroatoms. The molecule has 0 unspecified atom stereocenters. The van der Waals surface area contributed by atoms with Crippen LogP contribution in [0.3, 0.4) is 0 Å². The van der Waals surface area contributed by atoms with Crippen molar-refractivity contribution in [2.45, 2.75) is 77.9 Å². The largest absolute Gasteiger partial charge is 0.461 e. The van der Waals surface area contributed by atoms with E-state index in [4.69, 9.17) is 9.47 Å². The summed E-state index contributed by atoms with van der Waals surface area (Å²) in [5.74, 6) is -0.288. The summed E-state index contributed by atoms with van der Waals surface area (Å²) in [4.78, 5) is 26.6. The Morgan fingerprint density at radius 2 is 1.79 bits per heavy atom. The second-order valence-electron chi connectivity index (χ2n) is 9.50. The van der Waals surface area contributed by atoms with Gasteiger partial charge in [0.1, 0.15) is 11.3 Å². The van der Waals surface area contributed by atoms with Gasteiger partial charge in [0.05, 0.1) is 14.7 Å². The summed E-state index contributed by atoms with van der Waals surface area (Å²) in [7, 11) is -1.50. The number of nitrogens with zero attached hydrogens (tertiary/aromatic N) is 4. The third-order valence-corrected chi connectivity index (χ3v) is 5.64. The zero-order valence-corrected chi connectivity index (χ0v) is 19.2.